The predicted octanol–water partition coefficient (Wildman–Crippen LogP) is 4.15. The molecule has 0 spiro atoms. The van der Waals surface area contributed by atoms with E-state index in [1.807, 2.05) is 12.3 Å². The molecule has 0 aliphatic carbocycles. The minimum absolute atomic E-state index is 0.174. The fourth-order valence-corrected chi connectivity index (χ4v) is 2.88. The van der Waals surface area contributed by atoms with Gasteiger partial charge in [0.05, 0.1) is 6.04 Å². The summed E-state index contributed by atoms with van der Waals surface area (Å²) < 4.78 is 2.36. The Balaban J connectivity index is 2.44. The van der Waals surface area contributed by atoms with Crippen LogP contribution in [0.1, 0.15) is 24.1 Å². The molecular weight excluding hydrogens is 403 g/mol. The first-order chi connectivity index (χ1) is 8.72. The summed E-state index contributed by atoms with van der Waals surface area (Å²) in [4.78, 5) is 4.21. The van der Waals surface area contributed by atoms with Gasteiger partial charge in [-0.2, -0.15) is 0 Å². The van der Waals surface area contributed by atoms with Crippen molar-refractivity contribution in [2.75, 3.05) is 6.54 Å². The van der Waals surface area contributed by atoms with Gasteiger partial charge in [-0.3, -0.25) is 4.98 Å². The van der Waals surface area contributed by atoms with Gasteiger partial charge in [-0.1, -0.05) is 28.9 Å². The standard InChI is InChI=1S/C14H14BrIN2/c1-2-18-14(10-4-3-7-17-9-10)12-8-11(16)5-6-13(12)15/h3-9,14,18H,2H2,1H3. The molecule has 0 radical (unpaired) electrons. The van der Waals surface area contributed by atoms with Gasteiger partial charge in [0.15, 0.2) is 0 Å². The van der Waals surface area contributed by atoms with E-state index in [1.165, 1.54) is 14.7 Å². The van der Waals surface area contributed by atoms with Crippen molar-refractivity contribution in [3.63, 3.8) is 0 Å². The summed E-state index contributed by atoms with van der Waals surface area (Å²) in [7, 11) is 0. The highest BCUT2D eigenvalue weighted by molar-refractivity contribution is 14.1. The molecular formula is C14H14BrIN2. The number of hydrogen-bond acceptors (Lipinski definition) is 2. The number of aromatic nitrogens is 1. The molecule has 0 saturated heterocycles. The largest absolute Gasteiger partial charge is 0.306 e. The first kappa shape index (κ1) is 14.0. The molecule has 1 aromatic heterocycles. The highest BCUT2D eigenvalue weighted by Crippen LogP contribution is 2.29. The average molecular weight is 417 g/mol. The fourth-order valence-electron chi connectivity index (χ4n) is 1.89. The van der Waals surface area contributed by atoms with Gasteiger partial charge in [0, 0.05) is 20.4 Å². The summed E-state index contributed by atoms with van der Waals surface area (Å²) in [5.41, 5.74) is 2.43. The van der Waals surface area contributed by atoms with Crippen LogP contribution in [-0.2, 0) is 0 Å². The van der Waals surface area contributed by atoms with Crippen LogP contribution in [0.2, 0.25) is 0 Å². The van der Waals surface area contributed by atoms with E-state index in [0.29, 0.717) is 0 Å². The third-order valence-corrected chi connectivity index (χ3v) is 4.09. The quantitative estimate of drug-likeness (QED) is 0.757. The molecule has 94 valence electrons. The van der Waals surface area contributed by atoms with Crippen LogP contribution in [0.3, 0.4) is 0 Å². The van der Waals surface area contributed by atoms with E-state index in [4.69, 9.17) is 0 Å². The maximum Gasteiger partial charge on any atom is 0.0603 e. The molecule has 1 N–H and O–H groups in total. The Morgan fingerprint density at radius 2 is 2.22 bits per heavy atom. The van der Waals surface area contributed by atoms with Crippen molar-refractivity contribution >= 4 is 38.5 Å². The molecule has 0 aliphatic rings. The summed E-state index contributed by atoms with van der Waals surface area (Å²) in [6.07, 6.45) is 3.72. The molecule has 1 heterocycles. The second-order valence-corrected chi connectivity index (χ2v) is 6.04. The molecule has 0 bridgehead atoms. The summed E-state index contributed by atoms with van der Waals surface area (Å²) in [5.74, 6) is 0. The molecule has 2 nitrogen and oxygen atoms in total. The van der Waals surface area contributed by atoms with E-state index in [0.717, 1.165) is 11.0 Å². The number of nitrogens with zero attached hydrogens (tertiary/aromatic N) is 1. The predicted molar refractivity (Wildman–Crippen MR) is 86.6 cm³/mol. The van der Waals surface area contributed by atoms with Crippen molar-refractivity contribution in [3.05, 3.63) is 61.9 Å². The minimum Gasteiger partial charge on any atom is -0.306 e. The zero-order chi connectivity index (χ0) is 13.0. The van der Waals surface area contributed by atoms with Gasteiger partial charge in [0.1, 0.15) is 0 Å². The van der Waals surface area contributed by atoms with Crippen LogP contribution in [0.4, 0.5) is 0 Å². The van der Waals surface area contributed by atoms with Crippen LogP contribution in [0.15, 0.2) is 47.2 Å². The minimum atomic E-state index is 0.174. The Kier molecular flexibility index (Phi) is 5.14. The zero-order valence-electron chi connectivity index (χ0n) is 10.0. The summed E-state index contributed by atoms with van der Waals surface area (Å²) >= 11 is 5.97. The first-order valence-corrected chi connectivity index (χ1v) is 7.67. The number of nitrogens with one attached hydrogen (secondary N) is 1. The lowest BCUT2D eigenvalue weighted by molar-refractivity contribution is 0.626. The Bertz CT molecular complexity index is 516. The van der Waals surface area contributed by atoms with Gasteiger partial charge in [-0.15, -0.1) is 0 Å². The van der Waals surface area contributed by atoms with Gasteiger partial charge in [-0.25, -0.2) is 0 Å². The van der Waals surface area contributed by atoms with Crippen molar-refractivity contribution in [3.8, 4) is 0 Å². The van der Waals surface area contributed by atoms with Crippen molar-refractivity contribution in [1.29, 1.82) is 0 Å². The van der Waals surface area contributed by atoms with E-state index < -0.39 is 0 Å². The van der Waals surface area contributed by atoms with E-state index in [2.05, 4.69) is 80.0 Å². The SMILES string of the molecule is CCNC(c1cccnc1)c1cc(I)ccc1Br. The Hall–Kier alpha value is -0.460. The summed E-state index contributed by atoms with van der Waals surface area (Å²) in [6, 6.07) is 10.6. The second-order valence-electron chi connectivity index (χ2n) is 3.94. The van der Waals surface area contributed by atoms with Crippen LogP contribution in [0.5, 0.6) is 0 Å². The topological polar surface area (TPSA) is 24.9 Å². The maximum atomic E-state index is 4.21. The normalized spacial score (nSPS) is 12.4. The van der Waals surface area contributed by atoms with E-state index in [9.17, 15) is 0 Å². The monoisotopic (exact) mass is 416 g/mol. The summed E-state index contributed by atoms with van der Waals surface area (Å²) in [5, 5.41) is 3.51. The van der Waals surface area contributed by atoms with Crippen molar-refractivity contribution in [2.45, 2.75) is 13.0 Å². The summed E-state index contributed by atoms with van der Waals surface area (Å²) in [6.45, 7) is 3.03. The van der Waals surface area contributed by atoms with Crippen LogP contribution >= 0.6 is 38.5 Å². The first-order valence-electron chi connectivity index (χ1n) is 5.80. The van der Waals surface area contributed by atoms with Crippen molar-refractivity contribution in [2.24, 2.45) is 0 Å². The fraction of sp³-hybridized carbons (Fsp3) is 0.214. The van der Waals surface area contributed by atoms with Crippen LogP contribution in [0, 0.1) is 3.57 Å². The lowest BCUT2D eigenvalue weighted by Gasteiger charge is -2.20. The van der Waals surface area contributed by atoms with Gasteiger partial charge >= 0.3 is 0 Å². The second kappa shape index (κ2) is 6.63. The third kappa shape index (κ3) is 3.30. The molecule has 0 amide bonds. The molecule has 0 aliphatic heterocycles. The van der Waals surface area contributed by atoms with Crippen LogP contribution in [0.25, 0.3) is 0 Å². The lowest BCUT2D eigenvalue weighted by atomic mass is 10.0. The molecule has 2 rings (SSSR count). The van der Waals surface area contributed by atoms with E-state index >= 15 is 0 Å². The Morgan fingerprint density at radius 1 is 1.39 bits per heavy atom. The molecule has 4 heteroatoms. The number of benzene rings is 1. The Morgan fingerprint density at radius 3 is 2.89 bits per heavy atom. The molecule has 1 aromatic carbocycles. The maximum absolute atomic E-state index is 4.21. The van der Waals surface area contributed by atoms with Gasteiger partial charge in [-0.05, 0) is 64.5 Å². The number of pyridine rings is 1. The molecule has 2 aromatic rings. The highest BCUT2D eigenvalue weighted by Gasteiger charge is 2.16. The van der Waals surface area contributed by atoms with Gasteiger partial charge in [0.25, 0.3) is 0 Å². The Labute approximate surface area is 129 Å². The third-order valence-electron chi connectivity index (χ3n) is 2.70. The number of halogens is 2. The molecule has 18 heavy (non-hydrogen) atoms. The van der Waals surface area contributed by atoms with Crippen molar-refractivity contribution in [1.82, 2.24) is 10.3 Å². The van der Waals surface area contributed by atoms with E-state index in [1.54, 1.807) is 6.20 Å². The average Bonchev–Trinajstić information content (AvgIpc) is 2.40. The van der Waals surface area contributed by atoms with Crippen molar-refractivity contribution < 1.29 is 0 Å². The number of rotatable bonds is 4. The smallest absolute Gasteiger partial charge is 0.0603 e. The molecule has 1 atom stereocenters. The molecule has 0 saturated carbocycles. The number of hydrogen-bond donors (Lipinski definition) is 1. The van der Waals surface area contributed by atoms with Gasteiger partial charge in [0.2, 0.25) is 0 Å². The zero-order valence-corrected chi connectivity index (χ0v) is 13.8. The lowest BCUT2D eigenvalue weighted by Crippen LogP contribution is -2.22. The van der Waals surface area contributed by atoms with Gasteiger partial charge < -0.3 is 5.32 Å². The van der Waals surface area contributed by atoms with E-state index in [-0.39, 0.29) is 6.04 Å². The van der Waals surface area contributed by atoms with Crippen LogP contribution < -0.4 is 5.32 Å². The molecule has 0 fully saturated rings. The highest BCUT2D eigenvalue weighted by atomic mass is 127. The molecule has 1 unspecified atom stereocenters. The van der Waals surface area contributed by atoms with Crippen LogP contribution in [-0.4, -0.2) is 11.5 Å².